The maximum Gasteiger partial charge on any atom is 0.325 e. The minimum atomic E-state index is -0.691. The molecule has 1 amide bonds. The molecular weight excluding hydrogens is 370 g/mol. The molecule has 1 aromatic carbocycles. The van der Waals surface area contributed by atoms with E-state index >= 15 is 0 Å². The van der Waals surface area contributed by atoms with E-state index in [0.717, 1.165) is 11.1 Å². The molecule has 0 atom stereocenters. The fraction of sp³-hybridized carbons (Fsp3) is 0.450. The number of carbonyl (C=O) groups excluding carboxylic acids is 3. The molecule has 0 radical (unpaired) electrons. The number of aryl methyl sites for hydroxylation is 1. The van der Waals surface area contributed by atoms with Crippen LogP contribution in [0.1, 0.15) is 37.5 Å². The standard InChI is InChI=1S/C20H24ClNO5/c1-20(2,3)27-17(25)10-22-19(26)18-15(11-23)14-8-12(6-7-21)4-5-13(14)9-16(18)24/h4-5,8,23H,6-7,9-11H2,1-3H3,(H,22,26). The zero-order valence-electron chi connectivity index (χ0n) is 15.7. The number of benzene rings is 1. The highest BCUT2D eigenvalue weighted by Crippen LogP contribution is 2.30. The molecule has 0 unspecified atom stereocenters. The lowest BCUT2D eigenvalue weighted by Gasteiger charge is -2.22. The van der Waals surface area contributed by atoms with E-state index in [2.05, 4.69) is 5.32 Å². The number of halogens is 1. The minimum Gasteiger partial charge on any atom is -0.459 e. The van der Waals surface area contributed by atoms with Crippen LogP contribution < -0.4 is 5.32 Å². The van der Waals surface area contributed by atoms with Crippen molar-refractivity contribution in [1.82, 2.24) is 5.32 Å². The number of hydrogen-bond acceptors (Lipinski definition) is 5. The third-order valence-corrected chi connectivity index (χ3v) is 4.20. The van der Waals surface area contributed by atoms with Gasteiger partial charge in [-0.25, -0.2) is 0 Å². The highest BCUT2D eigenvalue weighted by Gasteiger charge is 2.30. The van der Waals surface area contributed by atoms with Crippen molar-refractivity contribution in [2.24, 2.45) is 0 Å². The zero-order valence-corrected chi connectivity index (χ0v) is 16.5. The summed E-state index contributed by atoms with van der Waals surface area (Å²) in [6, 6.07) is 5.55. The first-order valence-corrected chi connectivity index (χ1v) is 9.25. The second-order valence-electron chi connectivity index (χ2n) is 7.31. The van der Waals surface area contributed by atoms with E-state index in [-0.39, 0.29) is 24.1 Å². The summed E-state index contributed by atoms with van der Waals surface area (Å²) in [6.45, 7) is 4.35. The third kappa shape index (κ3) is 5.40. The number of Topliss-reactive ketones (excluding diaryl/α,β-unsaturated/α-hetero) is 1. The van der Waals surface area contributed by atoms with Crippen LogP contribution >= 0.6 is 11.6 Å². The van der Waals surface area contributed by atoms with Crippen molar-refractivity contribution in [2.75, 3.05) is 19.0 Å². The Morgan fingerprint density at radius 1 is 1.30 bits per heavy atom. The summed E-state index contributed by atoms with van der Waals surface area (Å²) < 4.78 is 5.14. The van der Waals surface area contributed by atoms with Gasteiger partial charge in [-0.05, 0) is 43.9 Å². The van der Waals surface area contributed by atoms with Crippen LogP contribution in [0.15, 0.2) is 23.8 Å². The molecule has 0 aliphatic heterocycles. The number of alkyl halides is 1. The fourth-order valence-corrected chi connectivity index (χ4v) is 3.15. The minimum absolute atomic E-state index is 0.0647. The summed E-state index contributed by atoms with van der Waals surface area (Å²) in [5.41, 5.74) is 1.86. The van der Waals surface area contributed by atoms with Gasteiger partial charge in [0.25, 0.3) is 5.91 Å². The smallest absolute Gasteiger partial charge is 0.325 e. The quantitative estimate of drug-likeness (QED) is 0.436. The molecule has 146 valence electrons. The number of esters is 1. The molecule has 2 rings (SSSR count). The molecule has 0 fully saturated rings. The number of rotatable bonds is 6. The van der Waals surface area contributed by atoms with Gasteiger partial charge >= 0.3 is 5.97 Å². The average molecular weight is 394 g/mol. The van der Waals surface area contributed by atoms with E-state index in [1.807, 2.05) is 18.2 Å². The summed E-state index contributed by atoms with van der Waals surface area (Å²) >= 11 is 5.78. The van der Waals surface area contributed by atoms with Crippen LogP contribution in [0.3, 0.4) is 0 Å². The largest absolute Gasteiger partial charge is 0.459 e. The third-order valence-electron chi connectivity index (χ3n) is 4.01. The Kier molecular flexibility index (Phi) is 6.78. The molecular formula is C20H24ClNO5. The number of aliphatic hydroxyl groups is 1. The molecule has 0 saturated heterocycles. The Balaban J connectivity index is 2.27. The van der Waals surface area contributed by atoms with Crippen LogP contribution in [0, 0.1) is 0 Å². The van der Waals surface area contributed by atoms with Crippen molar-refractivity contribution in [3.05, 3.63) is 40.5 Å². The highest BCUT2D eigenvalue weighted by molar-refractivity contribution is 6.26. The number of aliphatic hydroxyl groups excluding tert-OH is 1. The van der Waals surface area contributed by atoms with E-state index in [4.69, 9.17) is 16.3 Å². The molecule has 0 spiro atoms. The molecule has 0 heterocycles. The van der Waals surface area contributed by atoms with Crippen molar-refractivity contribution in [3.63, 3.8) is 0 Å². The number of nitrogens with one attached hydrogen (secondary N) is 1. The lowest BCUT2D eigenvalue weighted by Crippen LogP contribution is -2.38. The first-order chi connectivity index (χ1) is 12.7. The SMILES string of the molecule is CC(C)(C)OC(=O)CNC(=O)C1=C(CO)c2cc(CCCl)ccc2CC1=O. The Morgan fingerprint density at radius 3 is 2.59 bits per heavy atom. The maximum absolute atomic E-state index is 12.5. The van der Waals surface area contributed by atoms with E-state index < -0.39 is 29.9 Å². The van der Waals surface area contributed by atoms with Crippen molar-refractivity contribution in [1.29, 1.82) is 0 Å². The van der Waals surface area contributed by atoms with Gasteiger partial charge in [-0.15, -0.1) is 11.6 Å². The molecule has 27 heavy (non-hydrogen) atoms. The van der Waals surface area contributed by atoms with Gasteiger partial charge in [0.05, 0.1) is 12.2 Å². The van der Waals surface area contributed by atoms with Crippen molar-refractivity contribution >= 4 is 34.8 Å². The lowest BCUT2D eigenvalue weighted by atomic mass is 9.83. The topological polar surface area (TPSA) is 92.7 Å². The van der Waals surface area contributed by atoms with Crippen LogP contribution in [-0.4, -0.2) is 47.4 Å². The zero-order chi connectivity index (χ0) is 20.2. The second-order valence-corrected chi connectivity index (χ2v) is 7.69. The van der Waals surface area contributed by atoms with Gasteiger partial charge in [0.15, 0.2) is 5.78 Å². The number of carbonyl (C=O) groups is 3. The van der Waals surface area contributed by atoms with Gasteiger partial charge in [-0.2, -0.15) is 0 Å². The monoisotopic (exact) mass is 393 g/mol. The second kappa shape index (κ2) is 8.67. The van der Waals surface area contributed by atoms with Gasteiger partial charge in [0, 0.05) is 17.9 Å². The molecule has 1 aliphatic rings. The molecule has 0 bridgehead atoms. The molecule has 2 N–H and O–H groups in total. The summed E-state index contributed by atoms with van der Waals surface area (Å²) in [6.07, 6.45) is 0.705. The Morgan fingerprint density at radius 2 is 2.00 bits per heavy atom. The van der Waals surface area contributed by atoms with Crippen LogP contribution in [0.25, 0.3) is 5.57 Å². The van der Waals surface area contributed by atoms with E-state index in [0.29, 0.717) is 17.9 Å². The number of ketones is 1. The molecule has 1 aliphatic carbocycles. The summed E-state index contributed by atoms with van der Waals surface area (Å²) in [7, 11) is 0. The number of amides is 1. The van der Waals surface area contributed by atoms with E-state index in [1.54, 1.807) is 20.8 Å². The van der Waals surface area contributed by atoms with Gasteiger partial charge in [0.1, 0.15) is 12.1 Å². The van der Waals surface area contributed by atoms with Crippen LogP contribution in [0.4, 0.5) is 0 Å². The van der Waals surface area contributed by atoms with Crippen molar-refractivity contribution in [3.8, 4) is 0 Å². The van der Waals surface area contributed by atoms with Gasteiger partial charge < -0.3 is 15.2 Å². The molecule has 1 aromatic rings. The number of ether oxygens (including phenoxy) is 1. The summed E-state index contributed by atoms with van der Waals surface area (Å²) in [5, 5.41) is 12.2. The fourth-order valence-electron chi connectivity index (χ4n) is 2.93. The van der Waals surface area contributed by atoms with E-state index in [1.165, 1.54) is 0 Å². The lowest BCUT2D eigenvalue weighted by molar-refractivity contribution is -0.154. The Bertz CT molecular complexity index is 792. The highest BCUT2D eigenvalue weighted by atomic mass is 35.5. The van der Waals surface area contributed by atoms with Crippen molar-refractivity contribution < 1.29 is 24.2 Å². The first-order valence-electron chi connectivity index (χ1n) is 8.71. The van der Waals surface area contributed by atoms with Gasteiger partial charge in [-0.1, -0.05) is 18.2 Å². The number of hydrogen-bond donors (Lipinski definition) is 2. The van der Waals surface area contributed by atoms with Crippen LogP contribution in [0.2, 0.25) is 0 Å². The van der Waals surface area contributed by atoms with E-state index in [9.17, 15) is 19.5 Å². The van der Waals surface area contributed by atoms with Gasteiger partial charge in [0.2, 0.25) is 0 Å². The average Bonchev–Trinajstić information content (AvgIpc) is 2.57. The van der Waals surface area contributed by atoms with Gasteiger partial charge in [-0.3, -0.25) is 14.4 Å². The maximum atomic E-state index is 12.5. The molecule has 6 nitrogen and oxygen atoms in total. The van der Waals surface area contributed by atoms with Crippen LogP contribution in [0.5, 0.6) is 0 Å². The Hall–Kier alpha value is -2.18. The first kappa shape index (κ1) is 21.1. The molecule has 0 aromatic heterocycles. The normalized spacial score (nSPS) is 14.0. The summed E-state index contributed by atoms with van der Waals surface area (Å²) in [5.74, 6) is -1.24. The molecule has 7 heteroatoms. The predicted molar refractivity (Wildman–Crippen MR) is 102 cm³/mol. The predicted octanol–water partition coefficient (Wildman–Crippen LogP) is 1.80. The molecule has 0 saturated carbocycles. The number of fused-ring (bicyclic) bond motifs is 1. The summed E-state index contributed by atoms with van der Waals surface area (Å²) in [4.78, 5) is 36.8. The Labute approximate surface area is 163 Å². The van der Waals surface area contributed by atoms with Crippen molar-refractivity contribution in [2.45, 2.75) is 39.2 Å². The van der Waals surface area contributed by atoms with Crippen LogP contribution in [-0.2, 0) is 32.0 Å².